The largest absolute Gasteiger partial charge is 0.478 e. The van der Waals surface area contributed by atoms with E-state index >= 15 is 4.39 Å². The first kappa shape index (κ1) is 25.5. The number of hydrogen-bond donors (Lipinski definition) is 1. The average molecular weight is 519 g/mol. The molecule has 0 spiro atoms. The van der Waals surface area contributed by atoms with Crippen molar-refractivity contribution in [3.8, 4) is 0 Å². The maximum Gasteiger partial charge on any atom is 0.335 e. The molecule has 36 heavy (non-hydrogen) atoms. The zero-order valence-electron chi connectivity index (χ0n) is 19.7. The molecule has 0 atom stereocenters. The number of anilines is 1. The number of halogens is 3. The van der Waals surface area contributed by atoms with E-state index in [9.17, 15) is 9.18 Å². The van der Waals surface area contributed by atoms with Crippen LogP contribution in [0.4, 0.5) is 14.8 Å². The summed E-state index contributed by atoms with van der Waals surface area (Å²) in [4.78, 5) is 26.1. The summed E-state index contributed by atoms with van der Waals surface area (Å²) in [6.45, 7) is 5.35. The third kappa shape index (κ3) is 4.75. The third-order valence-corrected chi connectivity index (χ3v) is 6.38. The Labute approximate surface area is 211 Å². The number of piperidine rings is 1. The highest BCUT2D eigenvalue weighted by atomic mass is 35.5. The minimum Gasteiger partial charge on any atom is -0.478 e. The van der Waals surface area contributed by atoms with Crippen LogP contribution in [-0.2, 0) is 6.42 Å². The Morgan fingerprint density at radius 1 is 1.19 bits per heavy atom. The molecule has 3 aromatic heterocycles. The standard InChI is InChI=1S/C24H24F2N6O3.ClH/c1-13(2)21-29-24(35-30-21)31-7-5-16(6-8-31)32-11-18(26)20-19(27-12-28-22(20)32)10-14-3-4-15(23(33)34)9-17(14)25;/h3-4,9,11-13,16H,5-8,10H2,1-2H3,(H,33,34);1H. The molecule has 5 rings (SSSR count). The van der Waals surface area contributed by atoms with Crippen LogP contribution in [-0.4, -0.2) is 48.8 Å². The Balaban J connectivity index is 0.00000304. The topological polar surface area (TPSA) is 110 Å². The number of carboxylic acids is 1. The SMILES string of the molecule is CC(C)c1noc(N2CCC(n3cc(F)c4c(Cc5ccc(C(=O)O)cc5F)ncnc43)CC2)n1.Cl. The van der Waals surface area contributed by atoms with Crippen LogP contribution in [0.3, 0.4) is 0 Å². The monoisotopic (exact) mass is 518 g/mol. The second-order valence-electron chi connectivity index (χ2n) is 9.00. The first-order valence-electron chi connectivity index (χ1n) is 11.4. The lowest BCUT2D eigenvalue weighted by Crippen LogP contribution is -2.34. The number of aromatic carboxylic acids is 1. The molecule has 190 valence electrons. The second kappa shape index (κ2) is 10.2. The summed E-state index contributed by atoms with van der Waals surface area (Å²) in [6.07, 6.45) is 4.24. The predicted molar refractivity (Wildman–Crippen MR) is 130 cm³/mol. The van der Waals surface area contributed by atoms with Gasteiger partial charge in [-0.25, -0.2) is 23.5 Å². The quantitative estimate of drug-likeness (QED) is 0.389. The molecule has 0 bridgehead atoms. The Bertz CT molecular complexity index is 1400. The van der Waals surface area contributed by atoms with Crippen molar-refractivity contribution >= 4 is 35.4 Å². The highest BCUT2D eigenvalue weighted by Crippen LogP contribution is 2.32. The Morgan fingerprint density at radius 2 is 1.94 bits per heavy atom. The van der Waals surface area contributed by atoms with E-state index in [4.69, 9.17) is 9.63 Å². The summed E-state index contributed by atoms with van der Waals surface area (Å²) in [5, 5.41) is 13.3. The van der Waals surface area contributed by atoms with E-state index in [0.29, 0.717) is 36.3 Å². The lowest BCUT2D eigenvalue weighted by molar-refractivity contribution is 0.0696. The van der Waals surface area contributed by atoms with Gasteiger partial charge in [-0.3, -0.25) is 0 Å². The summed E-state index contributed by atoms with van der Waals surface area (Å²) in [7, 11) is 0. The van der Waals surface area contributed by atoms with E-state index in [0.717, 1.165) is 18.9 Å². The van der Waals surface area contributed by atoms with Crippen molar-refractivity contribution in [1.29, 1.82) is 0 Å². The van der Waals surface area contributed by atoms with Gasteiger partial charge in [0, 0.05) is 37.7 Å². The smallest absolute Gasteiger partial charge is 0.335 e. The summed E-state index contributed by atoms with van der Waals surface area (Å²) in [5.41, 5.74) is 0.880. The van der Waals surface area contributed by atoms with Gasteiger partial charge in [0.1, 0.15) is 17.8 Å². The lowest BCUT2D eigenvalue weighted by Gasteiger charge is -2.31. The highest BCUT2D eigenvalue weighted by molar-refractivity contribution is 5.87. The highest BCUT2D eigenvalue weighted by Gasteiger charge is 2.27. The molecule has 1 aromatic carbocycles. The van der Waals surface area contributed by atoms with Gasteiger partial charge in [0.15, 0.2) is 11.6 Å². The molecule has 4 aromatic rings. The molecular formula is C24H25ClF2N6O3. The molecular weight excluding hydrogens is 494 g/mol. The summed E-state index contributed by atoms with van der Waals surface area (Å²) < 4.78 is 36.8. The van der Waals surface area contributed by atoms with Crippen LogP contribution in [0.1, 0.15) is 66.1 Å². The molecule has 1 aliphatic rings. The van der Waals surface area contributed by atoms with Crippen LogP contribution in [0.2, 0.25) is 0 Å². The first-order valence-corrected chi connectivity index (χ1v) is 11.4. The van der Waals surface area contributed by atoms with Crippen LogP contribution in [0, 0.1) is 11.6 Å². The summed E-state index contributed by atoms with van der Waals surface area (Å²) in [6, 6.07) is 4.18. The Kier molecular flexibility index (Phi) is 7.21. The predicted octanol–water partition coefficient (Wildman–Crippen LogP) is 4.77. The number of carboxylic acid groups (broad SMARTS) is 1. The van der Waals surface area contributed by atoms with E-state index in [1.54, 1.807) is 0 Å². The molecule has 0 radical (unpaired) electrons. The van der Waals surface area contributed by atoms with E-state index in [2.05, 4.69) is 20.1 Å². The number of rotatable bonds is 6. The van der Waals surface area contributed by atoms with Crippen molar-refractivity contribution in [2.24, 2.45) is 0 Å². The van der Waals surface area contributed by atoms with Crippen molar-refractivity contribution in [2.75, 3.05) is 18.0 Å². The van der Waals surface area contributed by atoms with Gasteiger partial charge in [0.2, 0.25) is 0 Å². The average Bonchev–Trinajstić information content (AvgIpc) is 3.46. The molecule has 0 unspecified atom stereocenters. The van der Waals surface area contributed by atoms with Crippen molar-refractivity contribution < 1.29 is 23.2 Å². The zero-order chi connectivity index (χ0) is 24.7. The molecule has 1 fully saturated rings. The van der Waals surface area contributed by atoms with Crippen molar-refractivity contribution in [3.05, 3.63) is 65.0 Å². The molecule has 1 N–H and O–H groups in total. The normalized spacial score (nSPS) is 14.4. The minimum atomic E-state index is -1.21. The van der Waals surface area contributed by atoms with E-state index in [-0.39, 0.29) is 47.3 Å². The lowest BCUT2D eigenvalue weighted by atomic mass is 10.0. The van der Waals surface area contributed by atoms with E-state index in [1.165, 1.54) is 24.7 Å². The Hall–Kier alpha value is -3.60. The fourth-order valence-corrected chi connectivity index (χ4v) is 4.44. The van der Waals surface area contributed by atoms with Crippen LogP contribution in [0.15, 0.2) is 35.2 Å². The number of benzene rings is 1. The van der Waals surface area contributed by atoms with Gasteiger partial charge in [-0.1, -0.05) is 25.1 Å². The maximum absolute atomic E-state index is 15.1. The number of hydrogen-bond acceptors (Lipinski definition) is 7. The fraction of sp³-hybridized carbons (Fsp3) is 0.375. The van der Waals surface area contributed by atoms with Gasteiger partial charge in [-0.05, 0) is 30.5 Å². The second-order valence-corrected chi connectivity index (χ2v) is 9.00. The van der Waals surface area contributed by atoms with Crippen molar-refractivity contribution in [2.45, 2.75) is 45.1 Å². The van der Waals surface area contributed by atoms with Crippen molar-refractivity contribution in [3.63, 3.8) is 0 Å². The summed E-state index contributed by atoms with van der Waals surface area (Å²) in [5.74, 6) is -1.52. The molecule has 0 aliphatic carbocycles. The molecule has 1 aliphatic heterocycles. The maximum atomic E-state index is 15.1. The van der Waals surface area contributed by atoms with Crippen LogP contribution in [0.25, 0.3) is 11.0 Å². The first-order chi connectivity index (χ1) is 16.8. The van der Waals surface area contributed by atoms with E-state index < -0.39 is 17.6 Å². The van der Waals surface area contributed by atoms with Gasteiger partial charge >= 0.3 is 12.0 Å². The van der Waals surface area contributed by atoms with E-state index in [1.807, 2.05) is 23.3 Å². The molecule has 0 saturated carbocycles. The van der Waals surface area contributed by atoms with Gasteiger partial charge < -0.3 is 19.1 Å². The molecule has 4 heterocycles. The van der Waals surface area contributed by atoms with Gasteiger partial charge in [-0.15, -0.1) is 12.4 Å². The molecule has 1 saturated heterocycles. The van der Waals surface area contributed by atoms with Crippen LogP contribution < -0.4 is 4.90 Å². The number of nitrogens with zero attached hydrogens (tertiary/aromatic N) is 6. The summed E-state index contributed by atoms with van der Waals surface area (Å²) >= 11 is 0. The van der Waals surface area contributed by atoms with Crippen molar-refractivity contribution in [1.82, 2.24) is 24.7 Å². The number of fused-ring (bicyclic) bond motifs is 1. The zero-order valence-corrected chi connectivity index (χ0v) is 20.5. The fourth-order valence-electron chi connectivity index (χ4n) is 4.44. The Morgan fingerprint density at radius 3 is 2.58 bits per heavy atom. The van der Waals surface area contributed by atoms with Gasteiger partial charge in [-0.2, -0.15) is 4.98 Å². The molecule has 0 amide bonds. The minimum absolute atomic E-state index is 0. The number of carbonyl (C=O) groups is 1. The third-order valence-electron chi connectivity index (χ3n) is 6.38. The van der Waals surface area contributed by atoms with Gasteiger partial charge in [0.05, 0.1) is 16.6 Å². The van der Waals surface area contributed by atoms with Crippen LogP contribution >= 0.6 is 12.4 Å². The van der Waals surface area contributed by atoms with Crippen LogP contribution in [0.5, 0.6) is 0 Å². The van der Waals surface area contributed by atoms with Gasteiger partial charge in [0.25, 0.3) is 0 Å². The molecule has 9 nitrogen and oxygen atoms in total. The number of aromatic nitrogens is 5. The molecule has 12 heteroatoms.